The molecule has 1 aliphatic heterocycles. The molecule has 0 bridgehead atoms. The highest BCUT2D eigenvalue weighted by molar-refractivity contribution is 5.27. The molecule has 0 aromatic heterocycles. The molecule has 1 aromatic carbocycles. The Kier molecular flexibility index (Phi) is 5.02. The van der Waals surface area contributed by atoms with Crippen LogP contribution in [0.25, 0.3) is 0 Å². The van der Waals surface area contributed by atoms with Crippen molar-refractivity contribution in [3.63, 3.8) is 0 Å². The predicted molar refractivity (Wildman–Crippen MR) is 75.0 cm³/mol. The monoisotopic (exact) mass is 248 g/mol. The van der Waals surface area contributed by atoms with Crippen LogP contribution in [0.2, 0.25) is 0 Å². The minimum atomic E-state index is 0.379. The van der Waals surface area contributed by atoms with Crippen molar-refractivity contribution in [3.8, 4) is 5.75 Å². The first kappa shape index (κ1) is 13.4. The van der Waals surface area contributed by atoms with Gasteiger partial charge in [0.25, 0.3) is 0 Å². The summed E-state index contributed by atoms with van der Waals surface area (Å²) in [5, 5.41) is 9.40. The van der Waals surface area contributed by atoms with Gasteiger partial charge >= 0.3 is 0 Å². The van der Waals surface area contributed by atoms with Crippen molar-refractivity contribution in [1.82, 2.24) is 9.80 Å². The molecule has 1 heterocycles. The lowest BCUT2D eigenvalue weighted by atomic mass is 10.1. The van der Waals surface area contributed by atoms with E-state index in [1.807, 2.05) is 12.1 Å². The van der Waals surface area contributed by atoms with E-state index in [9.17, 15) is 5.11 Å². The van der Waals surface area contributed by atoms with Gasteiger partial charge in [0.1, 0.15) is 5.75 Å². The summed E-state index contributed by atoms with van der Waals surface area (Å²) in [7, 11) is 0. The summed E-state index contributed by atoms with van der Waals surface area (Å²) in [6.07, 6.45) is 2.23. The zero-order valence-corrected chi connectivity index (χ0v) is 11.3. The lowest BCUT2D eigenvalue weighted by molar-refractivity contribution is 0.136. The van der Waals surface area contributed by atoms with Gasteiger partial charge in [0.2, 0.25) is 0 Å². The number of nitrogens with zero attached hydrogens (tertiary/aromatic N) is 2. The minimum Gasteiger partial charge on any atom is -0.508 e. The number of likely N-dealkylation sites (N-methyl/N-ethyl adjacent to an activating group) is 1. The highest BCUT2D eigenvalue weighted by Crippen LogP contribution is 2.13. The van der Waals surface area contributed by atoms with Gasteiger partial charge in [-0.15, -0.1) is 0 Å². The molecule has 1 saturated heterocycles. The third-order valence-corrected chi connectivity index (χ3v) is 3.76. The van der Waals surface area contributed by atoms with Gasteiger partial charge in [-0.2, -0.15) is 0 Å². The highest BCUT2D eigenvalue weighted by Gasteiger charge is 2.14. The normalized spacial score (nSPS) is 18.1. The van der Waals surface area contributed by atoms with Crippen molar-refractivity contribution >= 4 is 0 Å². The molecular weight excluding hydrogens is 224 g/mol. The summed E-state index contributed by atoms with van der Waals surface area (Å²) >= 11 is 0. The van der Waals surface area contributed by atoms with E-state index in [-0.39, 0.29) is 0 Å². The number of phenols is 1. The molecule has 0 saturated carbocycles. The van der Waals surface area contributed by atoms with Crippen LogP contribution in [0.5, 0.6) is 5.75 Å². The Balaban J connectivity index is 1.67. The van der Waals surface area contributed by atoms with Gasteiger partial charge in [-0.05, 0) is 43.6 Å². The number of rotatable bonds is 5. The van der Waals surface area contributed by atoms with Crippen molar-refractivity contribution in [2.45, 2.75) is 19.8 Å². The summed E-state index contributed by atoms with van der Waals surface area (Å²) in [5.41, 5.74) is 1.24. The Bertz CT molecular complexity index is 359. The highest BCUT2D eigenvalue weighted by atomic mass is 16.3. The van der Waals surface area contributed by atoms with Crippen molar-refractivity contribution < 1.29 is 5.11 Å². The first-order chi connectivity index (χ1) is 8.78. The molecular formula is C15H24N2O. The third-order valence-electron chi connectivity index (χ3n) is 3.76. The van der Waals surface area contributed by atoms with E-state index >= 15 is 0 Å². The van der Waals surface area contributed by atoms with E-state index in [1.54, 1.807) is 6.07 Å². The Morgan fingerprint density at radius 2 is 1.83 bits per heavy atom. The molecule has 3 nitrogen and oxygen atoms in total. The molecule has 0 unspecified atom stereocenters. The number of hydrogen-bond acceptors (Lipinski definition) is 3. The molecule has 0 atom stereocenters. The number of piperazine rings is 1. The van der Waals surface area contributed by atoms with E-state index in [2.05, 4.69) is 22.8 Å². The van der Waals surface area contributed by atoms with Gasteiger partial charge < -0.3 is 14.9 Å². The molecule has 18 heavy (non-hydrogen) atoms. The Morgan fingerprint density at radius 3 is 2.50 bits per heavy atom. The molecule has 0 radical (unpaired) electrons. The smallest absolute Gasteiger partial charge is 0.115 e. The Morgan fingerprint density at radius 1 is 1.11 bits per heavy atom. The molecule has 1 N–H and O–H groups in total. The molecule has 100 valence electrons. The molecule has 1 aliphatic rings. The second-order valence-corrected chi connectivity index (χ2v) is 5.05. The average Bonchev–Trinajstić information content (AvgIpc) is 2.40. The summed E-state index contributed by atoms with van der Waals surface area (Å²) in [6.45, 7) is 9.41. The summed E-state index contributed by atoms with van der Waals surface area (Å²) < 4.78 is 0. The van der Waals surface area contributed by atoms with Crippen molar-refractivity contribution in [2.24, 2.45) is 0 Å². The van der Waals surface area contributed by atoms with Crippen molar-refractivity contribution in [3.05, 3.63) is 29.8 Å². The molecule has 0 spiro atoms. The van der Waals surface area contributed by atoms with Gasteiger partial charge in [-0.1, -0.05) is 19.1 Å². The van der Waals surface area contributed by atoms with Crippen LogP contribution in [-0.2, 0) is 6.42 Å². The molecule has 2 rings (SSSR count). The van der Waals surface area contributed by atoms with Gasteiger partial charge in [0.05, 0.1) is 0 Å². The Hall–Kier alpha value is -1.06. The molecule has 1 fully saturated rings. The fraction of sp³-hybridized carbons (Fsp3) is 0.600. The predicted octanol–water partition coefficient (Wildman–Crippen LogP) is 1.96. The second kappa shape index (κ2) is 6.76. The lowest BCUT2D eigenvalue weighted by Crippen LogP contribution is -2.46. The van der Waals surface area contributed by atoms with E-state index in [0.717, 1.165) is 6.42 Å². The van der Waals surface area contributed by atoms with E-state index in [1.165, 1.54) is 51.3 Å². The van der Waals surface area contributed by atoms with Gasteiger partial charge in [0, 0.05) is 26.2 Å². The fourth-order valence-electron chi connectivity index (χ4n) is 2.55. The molecule has 1 aromatic rings. The maximum Gasteiger partial charge on any atom is 0.115 e. The third kappa shape index (κ3) is 4.00. The Labute approximate surface area is 110 Å². The minimum absolute atomic E-state index is 0.379. The van der Waals surface area contributed by atoms with Crippen LogP contribution < -0.4 is 0 Å². The fourth-order valence-corrected chi connectivity index (χ4v) is 2.55. The van der Waals surface area contributed by atoms with E-state index < -0.39 is 0 Å². The lowest BCUT2D eigenvalue weighted by Gasteiger charge is -2.33. The standard InChI is InChI=1S/C15H24N2O/c1-2-16-9-11-17(12-10-16)8-4-6-14-5-3-7-15(18)13-14/h3,5,7,13,18H,2,4,6,8-12H2,1H3. The SMILES string of the molecule is CCN1CCN(CCCc2cccc(O)c2)CC1. The second-order valence-electron chi connectivity index (χ2n) is 5.05. The van der Waals surface area contributed by atoms with Crippen LogP contribution in [0.15, 0.2) is 24.3 Å². The summed E-state index contributed by atoms with van der Waals surface area (Å²) in [6, 6.07) is 7.61. The molecule has 0 aliphatic carbocycles. The van der Waals surface area contributed by atoms with Crippen LogP contribution in [0.1, 0.15) is 18.9 Å². The average molecular weight is 248 g/mol. The first-order valence-corrected chi connectivity index (χ1v) is 7.00. The van der Waals surface area contributed by atoms with Crippen molar-refractivity contribution in [2.75, 3.05) is 39.3 Å². The van der Waals surface area contributed by atoms with Gasteiger partial charge in [-0.25, -0.2) is 0 Å². The van der Waals surface area contributed by atoms with Crippen LogP contribution >= 0.6 is 0 Å². The number of benzene rings is 1. The number of aryl methyl sites for hydroxylation is 1. The van der Waals surface area contributed by atoms with E-state index in [0.29, 0.717) is 5.75 Å². The van der Waals surface area contributed by atoms with Crippen LogP contribution in [0, 0.1) is 0 Å². The largest absolute Gasteiger partial charge is 0.508 e. The summed E-state index contributed by atoms with van der Waals surface area (Å²) in [4.78, 5) is 5.06. The van der Waals surface area contributed by atoms with Gasteiger partial charge in [-0.3, -0.25) is 0 Å². The number of hydrogen-bond donors (Lipinski definition) is 1. The summed E-state index contributed by atoms with van der Waals surface area (Å²) in [5.74, 6) is 0.379. The van der Waals surface area contributed by atoms with Crippen LogP contribution in [0.3, 0.4) is 0 Å². The number of phenolic OH excluding ortho intramolecular Hbond substituents is 1. The van der Waals surface area contributed by atoms with Crippen LogP contribution in [0.4, 0.5) is 0 Å². The quantitative estimate of drug-likeness (QED) is 0.863. The van der Waals surface area contributed by atoms with Crippen LogP contribution in [-0.4, -0.2) is 54.2 Å². The molecule has 0 amide bonds. The first-order valence-electron chi connectivity index (χ1n) is 7.00. The maximum atomic E-state index is 9.40. The van der Waals surface area contributed by atoms with Gasteiger partial charge in [0.15, 0.2) is 0 Å². The topological polar surface area (TPSA) is 26.7 Å². The zero-order chi connectivity index (χ0) is 12.8. The zero-order valence-electron chi connectivity index (χ0n) is 11.3. The molecule has 3 heteroatoms. The maximum absolute atomic E-state index is 9.40. The number of aromatic hydroxyl groups is 1. The van der Waals surface area contributed by atoms with E-state index in [4.69, 9.17) is 0 Å². The van der Waals surface area contributed by atoms with Crippen molar-refractivity contribution in [1.29, 1.82) is 0 Å².